The van der Waals surface area contributed by atoms with Crippen LogP contribution in [0.3, 0.4) is 0 Å². The molecule has 6 heteroatoms. The first-order chi connectivity index (χ1) is 13.7. The van der Waals surface area contributed by atoms with Crippen molar-refractivity contribution in [2.24, 2.45) is 0 Å². The molecule has 2 aromatic carbocycles. The third-order valence-corrected chi connectivity index (χ3v) is 4.97. The molecular weight excluding hydrogens is 373 g/mol. The second-order valence-electron chi connectivity index (χ2n) is 6.19. The molecule has 4 aromatic rings. The molecule has 0 aliphatic heterocycles. The Balaban J connectivity index is 1.48. The van der Waals surface area contributed by atoms with Gasteiger partial charge in [0.05, 0.1) is 17.8 Å². The van der Waals surface area contributed by atoms with E-state index >= 15 is 0 Å². The Kier molecular flexibility index (Phi) is 5.21. The van der Waals surface area contributed by atoms with Crippen molar-refractivity contribution in [3.63, 3.8) is 0 Å². The highest BCUT2D eigenvalue weighted by molar-refractivity contribution is 7.13. The van der Waals surface area contributed by atoms with Crippen LogP contribution in [0.4, 0.5) is 10.1 Å². The Morgan fingerprint density at radius 2 is 1.86 bits per heavy atom. The summed E-state index contributed by atoms with van der Waals surface area (Å²) in [5.74, 6) is -0.471. The van der Waals surface area contributed by atoms with Gasteiger partial charge in [0, 0.05) is 22.8 Å². The number of hydrogen-bond acceptors (Lipinski definition) is 4. The third-order valence-electron chi connectivity index (χ3n) is 4.11. The lowest BCUT2D eigenvalue weighted by atomic mass is 10.1. The van der Waals surface area contributed by atoms with Gasteiger partial charge in [-0.15, -0.1) is 11.3 Å². The van der Waals surface area contributed by atoms with Crippen molar-refractivity contribution in [1.82, 2.24) is 9.97 Å². The number of aromatic nitrogens is 2. The maximum Gasteiger partial charge on any atom is 0.228 e. The van der Waals surface area contributed by atoms with E-state index in [9.17, 15) is 9.18 Å². The summed E-state index contributed by atoms with van der Waals surface area (Å²) < 4.78 is 13.0. The van der Waals surface area contributed by atoms with Gasteiger partial charge in [0.2, 0.25) is 5.91 Å². The van der Waals surface area contributed by atoms with Crippen LogP contribution in [0.15, 0.2) is 78.3 Å². The van der Waals surface area contributed by atoms with Crippen molar-refractivity contribution < 1.29 is 9.18 Å². The van der Waals surface area contributed by atoms with E-state index in [0.29, 0.717) is 5.69 Å². The van der Waals surface area contributed by atoms with Gasteiger partial charge in [-0.3, -0.25) is 9.78 Å². The molecule has 2 heterocycles. The Bertz CT molecular complexity index is 1090. The first-order valence-electron chi connectivity index (χ1n) is 8.69. The van der Waals surface area contributed by atoms with Crippen LogP contribution in [-0.4, -0.2) is 15.9 Å². The number of nitrogens with zero attached hydrogens (tertiary/aromatic N) is 2. The topological polar surface area (TPSA) is 54.9 Å². The Morgan fingerprint density at radius 3 is 2.64 bits per heavy atom. The number of carbonyl (C=O) groups is 1. The molecule has 2 aromatic heterocycles. The summed E-state index contributed by atoms with van der Waals surface area (Å²) in [6.07, 6.45) is 1.93. The second kappa shape index (κ2) is 8.10. The van der Waals surface area contributed by atoms with Gasteiger partial charge in [0.25, 0.3) is 0 Å². The zero-order valence-electron chi connectivity index (χ0n) is 14.8. The normalized spacial score (nSPS) is 10.6. The zero-order chi connectivity index (χ0) is 19.3. The molecule has 1 N–H and O–H groups in total. The molecule has 0 aliphatic carbocycles. The second-order valence-corrected chi connectivity index (χ2v) is 7.04. The van der Waals surface area contributed by atoms with Gasteiger partial charge in [-0.05, 0) is 42.0 Å². The predicted molar refractivity (Wildman–Crippen MR) is 110 cm³/mol. The lowest BCUT2D eigenvalue weighted by Gasteiger charge is -2.07. The third kappa shape index (κ3) is 4.29. The number of benzene rings is 2. The van der Waals surface area contributed by atoms with Crippen LogP contribution in [0, 0.1) is 5.82 Å². The molecule has 28 heavy (non-hydrogen) atoms. The predicted octanol–water partition coefficient (Wildman–Crippen LogP) is 5.19. The summed E-state index contributed by atoms with van der Waals surface area (Å²) in [6, 6.07) is 19.2. The SMILES string of the molecule is O=C(Cc1ccc(F)cc1)Nc1cccc(-c2csc(-c3ccccn3)n2)c1. The number of carbonyl (C=O) groups excluding carboxylic acids is 1. The van der Waals surface area contributed by atoms with Gasteiger partial charge in [-0.2, -0.15) is 0 Å². The molecule has 0 radical (unpaired) electrons. The van der Waals surface area contributed by atoms with Crippen LogP contribution in [0.2, 0.25) is 0 Å². The van der Waals surface area contributed by atoms with Gasteiger partial charge in [0.15, 0.2) is 0 Å². The highest BCUT2D eigenvalue weighted by Gasteiger charge is 2.09. The lowest BCUT2D eigenvalue weighted by molar-refractivity contribution is -0.115. The highest BCUT2D eigenvalue weighted by Crippen LogP contribution is 2.29. The van der Waals surface area contributed by atoms with E-state index in [0.717, 1.165) is 27.5 Å². The molecule has 0 aliphatic rings. The number of rotatable bonds is 5. The van der Waals surface area contributed by atoms with E-state index in [1.807, 2.05) is 47.8 Å². The maximum absolute atomic E-state index is 13.0. The monoisotopic (exact) mass is 389 g/mol. The summed E-state index contributed by atoms with van der Waals surface area (Å²) >= 11 is 1.53. The molecule has 0 spiro atoms. The smallest absolute Gasteiger partial charge is 0.228 e. The molecule has 138 valence electrons. The van der Waals surface area contributed by atoms with Crippen molar-refractivity contribution >= 4 is 22.9 Å². The Morgan fingerprint density at radius 1 is 1.00 bits per heavy atom. The van der Waals surface area contributed by atoms with Gasteiger partial charge < -0.3 is 5.32 Å². The van der Waals surface area contributed by atoms with E-state index in [1.165, 1.54) is 23.5 Å². The summed E-state index contributed by atoms with van der Waals surface area (Å²) in [5.41, 5.74) is 4.03. The number of hydrogen-bond donors (Lipinski definition) is 1. The van der Waals surface area contributed by atoms with Gasteiger partial charge in [-0.25, -0.2) is 9.37 Å². The van der Waals surface area contributed by atoms with Crippen molar-refractivity contribution in [3.05, 3.63) is 89.7 Å². The number of halogens is 1. The maximum atomic E-state index is 13.0. The molecule has 0 saturated heterocycles. The molecule has 1 amide bonds. The minimum Gasteiger partial charge on any atom is -0.326 e. The van der Waals surface area contributed by atoms with E-state index in [2.05, 4.69) is 15.3 Å². The van der Waals surface area contributed by atoms with Crippen molar-refractivity contribution in [2.75, 3.05) is 5.32 Å². The van der Waals surface area contributed by atoms with E-state index < -0.39 is 0 Å². The number of pyridine rings is 1. The van der Waals surface area contributed by atoms with Crippen LogP contribution in [-0.2, 0) is 11.2 Å². The quantitative estimate of drug-likeness (QED) is 0.511. The standard InChI is InChI=1S/C22H16FN3OS/c23-17-9-7-15(8-10-17)12-21(27)25-18-5-3-4-16(13-18)20-14-28-22(26-20)19-6-1-2-11-24-19/h1-11,13-14H,12H2,(H,25,27). The van der Waals surface area contributed by atoms with Crippen LogP contribution in [0.25, 0.3) is 22.0 Å². The molecule has 0 saturated carbocycles. The van der Waals surface area contributed by atoms with E-state index in [-0.39, 0.29) is 18.1 Å². The average Bonchev–Trinajstić information content (AvgIpc) is 3.21. The van der Waals surface area contributed by atoms with Gasteiger partial charge >= 0.3 is 0 Å². The molecule has 0 unspecified atom stereocenters. The molecule has 0 atom stereocenters. The van der Waals surface area contributed by atoms with Crippen LogP contribution in [0.1, 0.15) is 5.56 Å². The molecule has 0 fully saturated rings. The zero-order valence-corrected chi connectivity index (χ0v) is 15.6. The number of thiazole rings is 1. The van der Waals surface area contributed by atoms with Crippen molar-refractivity contribution in [1.29, 1.82) is 0 Å². The van der Waals surface area contributed by atoms with Crippen molar-refractivity contribution in [2.45, 2.75) is 6.42 Å². The largest absolute Gasteiger partial charge is 0.326 e. The summed E-state index contributed by atoms with van der Waals surface area (Å²) in [5, 5.41) is 5.71. The minimum absolute atomic E-state index is 0.156. The fourth-order valence-corrected chi connectivity index (χ4v) is 3.57. The Hall–Kier alpha value is -3.38. The highest BCUT2D eigenvalue weighted by atomic mass is 32.1. The fourth-order valence-electron chi connectivity index (χ4n) is 2.76. The minimum atomic E-state index is -0.315. The molecule has 4 rings (SSSR count). The Labute approximate surface area is 165 Å². The van der Waals surface area contributed by atoms with Gasteiger partial charge in [-0.1, -0.05) is 30.3 Å². The number of nitrogens with one attached hydrogen (secondary N) is 1. The average molecular weight is 389 g/mol. The van der Waals surface area contributed by atoms with E-state index in [1.54, 1.807) is 18.3 Å². The lowest BCUT2D eigenvalue weighted by Crippen LogP contribution is -2.14. The first-order valence-corrected chi connectivity index (χ1v) is 9.57. The van der Waals surface area contributed by atoms with Crippen LogP contribution in [0.5, 0.6) is 0 Å². The summed E-state index contributed by atoms with van der Waals surface area (Å²) in [6.45, 7) is 0. The number of amides is 1. The summed E-state index contributed by atoms with van der Waals surface area (Å²) in [4.78, 5) is 21.3. The van der Waals surface area contributed by atoms with E-state index in [4.69, 9.17) is 0 Å². The molecular formula is C22H16FN3OS. The van der Waals surface area contributed by atoms with Crippen LogP contribution >= 0.6 is 11.3 Å². The van der Waals surface area contributed by atoms with Crippen molar-refractivity contribution in [3.8, 4) is 22.0 Å². The first kappa shape index (κ1) is 18.0. The molecule has 4 nitrogen and oxygen atoms in total. The summed E-state index contributed by atoms with van der Waals surface area (Å²) in [7, 11) is 0. The molecule has 0 bridgehead atoms. The fraction of sp³-hybridized carbons (Fsp3) is 0.0455. The van der Waals surface area contributed by atoms with Crippen LogP contribution < -0.4 is 5.32 Å². The number of anilines is 1. The van der Waals surface area contributed by atoms with Gasteiger partial charge in [0.1, 0.15) is 10.8 Å².